The fourth-order valence-corrected chi connectivity index (χ4v) is 2.39. The summed E-state index contributed by atoms with van der Waals surface area (Å²) in [5, 5.41) is 0. The average molecular weight is 184 g/mol. The molecule has 1 aliphatic rings. The van der Waals surface area contributed by atoms with Crippen LogP contribution in [0.1, 0.15) is 38.5 Å². The van der Waals surface area contributed by atoms with Crippen LogP contribution in [0.4, 0.5) is 0 Å². The summed E-state index contributed by atoms with van der Waals surface area (Å²) in [6, 6.07) is 0.387. The third kappa shape index (κ3) is 4.63. The van der Waals surface area contributed by atoms with Crippen LogP contribution in [0.3, 0.4) is 0 Å². The zero-order chi connectivity index (χ0) is 9.68. The molecule has 78 valence electrons. The Hall–Kier alpha value is -0.0800. The second-order valence-corrected chi connectivity index (χ2v) is 4.76. The topological polar surface area (TPSA) is 29.3 Å². The molecule has 13 heavy (non-hydrogen) atoms. The van der Waals surface area contributed by atoms with Gasteiger partial charge in [-0.25, -0.2) is 0 Å². The summed E-state index contributed by atoms with van der Waals surface area (Å²) in [6.07, 6.45) is 8.37. The lowest BCUT2D eigenvalue weighted by atomic mass is 9.85. The van der Waals surface area contributed by atoms with Gasteiger partial charge in [-0.2, -0.15) is 0 Å². The third-order valence-electron chi connectivity index (χ3n) is 2.96. The molecule has 2 N–H and O–H groups in total. The van der Waals surface area contributed by atoms with E-state index in [2.05, 4.69) is 19.0 Å². The monoisotopic (exact) mass is 184 g/mol. The maximum Gasteiger partial charge on any atom is 0.0170 e. The highest BCUT2D eigenvalue weighted by atomic mass is 15.1. The van der Waals surface area contributed by atoms with Crippen LogP contribution in [0.25, 0.3) is 0 Å². The van der Waals surface area contributed by atoms with E-state index < -0.39 is 0 Å². The van der Waals surface area contributed by atoms with Crippen LogP contribution >= 0.6 is 0 Å². The number of likely N-dealkylation sites (N-methyl/N-ethyl adjacent to an activating group) is 1. The SMILES string of the molecule is CN(C)CC(N)CC1CCCCC1. The molecule has 0 saturated heterocycles. The van der Waals surface area contributed by atoms with E-state index in [-0.39, 0.29) is 0 Å². The molecule has 1 fully saturated rings. The van der Waals surface area contributed by atoms with Crippen molar-refractivity contribution in [3.8, 4) is 0 Å². The minimum Gasteiger partial charge on any atom is -0.327 e. The molecule has 0 aromatic heterocycles. The fraction of sp³-hybridized carbons (Fsp3) is 1.00. The van der Waals surface area contributed by atoms with Crippen LogP contribution in [0.2, 0.25) is 0 Å². The van der Waals surface area contributed by atoms with E-state index in [1.54, 1.807) is 0 Å². The van der Waals surface area contributed by atoms with Gasteiger partial charge in [0.1, 0.15) is 0 Å². The Bertz CT molecular complexity index is 128. The average Bonchev–Trinajstić information content (AvgIpc) is 2.04. The van der Waals surface area contributed by atoms with Gasteiger partial charge >= 0.3 is 0 Å². The van der Waals surface area contributed by atoms with Crippen molar-refractivity contribution in [1.29, 1.82) is 0 Å². The first-order valence-electron chi connectivity index (χ1n) is 5.59. The molecule has 0 aliphatic heterocycles. The van der Waals surface area contributed by atoms with Gasteiger partial charge in [0.25, 0.3) is 0 Å². The molecule has 0 aromatic carbocycles. The molecule has 0 spiro atoms. The number of hydrogen-bond acceptors (Lipinski definition) is 2. The highest BCUT2D eigenvalue weighted by Crippen LogP contribution is 2.26. The molecule has 1 rings (SSSR count). The normalized spacial score (nSPS) is 22.2. The number of hydrogen-bond donors (Lipinski definition) is 1. The summed E-state index contributed by atoms with van der Waals surface area (Å²) < 4.78 is 0. The minimum atomic E-state index is 0.387. The summed E-state index contributed by atoms with van der Waals surface area (Å²) >= 11 is 0. The molecule has 2 nitrogen and oxygen atoms in total. The zero-order valence-electron chi connectivity index (χ0n) is 9.13. The van der Waals surface area contributed by atoms with Gasteiger partial charge in [-0.05, 0) is 26.4 Å². The van der Waals surface area contributed by atoms with Crippen LogP contribution in [0.5, 0.6) is 0 Å². The highest BCUT2D eigenvalue weighted by molar-refractivity contribution is 4.73. The summed E-state index contributed by atoms with van der Waals surface area (Å²) in [7, 11) is 4.20. The van der Waals surface area contributed by atoms with Crippen LogP contribution in [0.15, 0.2) is 0 Å². The lowest BCUT2D eigenvalue weighted by Crippen LogP contribution is -2.35. The Morgan fingerprint density at radius 1 is 1.23 bits per heavy atom. The predicted molar refractivity (Wildman–Crippen MR) is 57.7 cm³/mol. The van der Waals surface area contributed by atoms with Gasteiger partial charge < -0.3 is 10.6 Å². The highest BCUT2D eigenvalue weighted by Gasteiger charge is 2.16. The summed E-state index contributed by atoms with van der Waals surface area (Å²) in [6.45, 7) is 1.04. The molecule has 0 amide bonds. The molecule has 1 atom stereocenters. The lowest BCUT2D eigenvalue weighted by Gasteiger charge is -2.25. The van der Waals surface area contributed by atoms with Gasteiger partial charge in [0.2, 0.25) is 0 Å². The van der Waals surface area contributed by atoms with Crippen molar-refractivity contribution < 1.29 is 0 Å². The summed E-state index contributed by atoms with van der Waals surface area (Å²) in [4.78, 5) is 2.19. The Balaban J connectivity index is 2.14. The zero-order valence-corrected chi connectivity index (χ0v) is 9.13. The van der Waals surface area contributed by atoms with E-state index >= 15 is 0 Å². The molecule has 0 heterocycles. The first-order valence-corrected chi connectivity index (χ1v) is 5.59. The van der Waals surface area contributed by atoms with Crippen molar-refractivity contribution in [2.75, 3.05) is 20.6 Å². The van der Waals surface area contributed by atoms with Crippen molar-refractivity contribution in [2.24, 2.45) is 11.7 Å². The van der Waals surface area contributed by atoms with Gasteiger partial charge in [0, 0.05) is 12.6 Å². The van der Waals surface area contributed by atoms with E-state index in [1.807, 2.05) is 0 Å². The van der Waals surface area contributed by atoms with E-state index in [4.69, 9.17) is 5.73 Å². The molecular weight excluding hydrogens is 160 g/mol. The molecule has 1 saturated carbocycles. The van der Waals surface area contributed by atoms with Gasteiger partial charge in [0.15, 0.2) is 0 Å². The Morgan fingerprint density at radius 2 is 1.85 bits per heavy atom. The van der Waals surface area contributed by atoms with E-state index in [1.165, 1.54) is 38.5 Å². The van der Waals surface area contributed by atoms with Crippen molar-refractivity contribution in [2.45, 2.75) is 44.6 Å². The Kier molecular flexibility index (Phi) is 4.74. The molecular formula is C11H24N2. The second kappa shape index (κ2) is 5.61. The van der Waals surface area contributed by atoms with Crippen LogP contribution in [-0.4, -0.2) is 31.6 Å². The van der Waals surface area contributed by atoms with Crippen molar-refractivity contribution in [1.82, 2.24) is 4.90 Å². The third-order valence-corrected chi connectivity index (χ3v) is 2.96. The predicted octanol–water partition coefficient (Wildman–Crippen LogP) is 1.85. The summed E-state index contributed by atoms with van der Waals surface area (Å²) in [5.74, 6) is 0.920. The minimum absolute atomic E-state index is 0.387. The van der Waals surface area contributed by atoms with E-state index in [0.717, 1.165) is 12.5 Å². The van der Waals surface area contributed by atoms with Crippen molar-refractivity contribution in [3.05, 3.63) is 0 Å². The second-order valence-electron chi connectivity index (χ2n) is 4.76. The molecule has 1 aliphatic carbocycles. The molecule has 0 aromatic rings. The van der Waals surface area contributed by atoms with Gasteiger partial charge in [-0.15, -0.1) is 0 Å². The largest absolute Gasteiger partial charge is 0.327 e. The van der Waals surface area contributed by atoms with E-state index in [9.17, 15) is 0 Å². The maximum absolute atomic E-state index is 6.06. The maximum atomic E-state index is 6.06. The van der Waals surface area contributed by atoms with E-state index in [0.29, 0.717) is 6.04 Å². The number of nitrogens with two attached hydrogens (primary N) is 1. The standard InChI is InChI=1S/C11H24N2/c1-13(2)9-11(12)8-10-6-4-3-5-7-10/h10-11H,3-9,12H2,1-2H3. The fourth-order valence-electron chi connectivity index (χ4n) is 2.39. The summed E-state index contributed by atoms with van der Waals surface area (Å²) in [5.41, 5.74) is 6.06. The van der Waals surface area contributed by atoms with Gasteiger partial charge in [0.05, 0.1) is 0 Å². The number of rotatable bonds is 4. The molecule has 0 radical (unpaired) electrons. The van der Waals surface area contributed by atoms with Crippen LogP contribution in [0, 0.1) is 5.92 Å². The smallest absolute Gasteiger partial charge is 0.0170 e. The number of nitrogens with zero attached hydrogens (tertiary/aromatic N) is 1. The lowest BCUT2D eigenvalue weighted by molar-refractivity contribution is 0.284. The Labute approximate surface area is 82.5 Å². The quantitative estimate of drug-likeness (QED) is 0.722. The molecule has 2 heteroatoms. The van der Waals surface area contributed by atoms with Crippen LogP contribution in [-0.2, 0) is 0 Å². The molecule has 1 unspecified atom stereocenters. The molecule has 0 bridgehead atoms. The van der Waals surface area contributed by atoms with Crippen molar-refractivity contribution in [3.63, 3.8) is 0 Å². The van der Waals surface area contributed by atoms with Crippen LogP contribution < -0.4 is 5.73 Å². The first kappa shape index (κ1) is 11.0. The van der Waals surface area contributed by atoms with Crippen molar-refractivity contribution >= 4 is 0 Å². The Morgan fingerprint density at radius 3 is 2.38 bits per heavy atom. The first-order chi connectivity index (χ1) is 6.18. The van der Waals surface area contributed by atoms with Gasteiger partial charge in [-0.1, -0.05) is 32.1 Å². The van der Waals surface area contributed by atoms with Gasteiger partial charge in [-0.3, -0.25) is 0 Å².